The molecule has 3 heteroatoms. The van der Waals surface area contributed by atoms with Gasteiger partial charge in [-0.25, -0.2) is 0 Å². The SMILES string of the molecule is Cc1c(Nc2ccc(-c3ccccc3)cc2)c(C#N)c(N(c2ccc(-c3ccccc3)cc2)c2ccc(-c3ccccc3)cc2)c(C(C)(C)C)c1C(C)(C)C. The monoisotopic (exact) mass is 715 g/mol. The van der Waals surface area contributed by atoms with Crippen LogP contribution in [0.1, 0.15) is 63.8 Å². The van der Waals surface area contributed by atoms with E-state index in [-0.39, 0.29) is 10.8 Å². The Hall–Kier alpha value is -6.37. The van der Waals surface area contributed by atoms with Gasteiger partial charge in [0, 0.05) is 17.1 Å². The summed E-state index contributed by atoms with van der Waals surface area (Å²) in [6.45, 7) is 15.8. The number of nitrogens with one attached hydrogen (secondary N) is 1. The van der Waals surface area contributed by atoms with Crippen LogP contribution in [0.3, 0.4) is 0 Å². The van der Waals surface area contributed by atoms with E-state index < -0.39 is 0 Å². The van der Waals surface area contributed by atoms with Crippen LogP contribution in [0.25, 0.3) is 33.4 Å². The lowest BCUT2D eigenvalue weighted by molar-refractivity contribution is 0.528. The molecule has 55 heavy (non-hydrogen) atoms. The number of hydrogen-bond acceptors (Lipinski definition) is 3. The van der Waals surface area contributed by atoms with Gasteiger partial charge in [-0.1, -0.05) is 169 Å². The van der Waals surface area contributed by atoms with Gasteiger partial charge in [0.2, 0.25) is 0 Å². The fraction of sp³-hybridized carbons (Fsp3) is 0.173. The topological polar surface area (TPSA) is 39.1 Å². The van der Waals surface area contributed by atoms with E-state index in [1.165, 1.54) is 16.7 Å². The fourth-order valence-electron chi connectivity index (χ4n) is 7.81. The molecule has 1 N–H and O–H groups in total. The molecule has 0 unspecified atom stereocenters. The Labute approximate surface area is 327 Å². The highest BCUT2D eigenvalue weighted by atomic mass is 15.2. The van der Waals surface area contributed by atoms with Crippen LogP contribution in [0.4, 0.5) is 28.4 Å². The number of anilines is 5. The van der Waals surface area contributed by atoms with Crippen LogP contribution in [0, 0.1) is 18.3 Å². The van der Waals surface area contributed by atoms with Gasteiger partial charge in [0.1, 0.15) is 11.6 Å². The third kappa shape index (κ3) is 7.68. The zero-order valence-corrected chi connectivity index (χ0v) is 33.0. The van der Waals surface area contributed by atoms with E-state index >= 15 is 0 Å². The lowest BCUT2D eigenvalue weighted by Crippen LogP contribution is -2.28. The van der Waals surface area contributed by atoms with E-state index in [0.29, 0.717) is 5.56 Å². The Kier molecular flexibility index (Phi) is 10.2. The summed E-state index contributed by atoms with van der Waals surface area (Å²) in [6, 6.07) is 60.1. The van der Waals surface area contributed by atoms with E-state index in [9.17, 15) is 5.26 Å². The largest absolute Gasteiger partial charge is 0.354 e. The van der Waals surface area contributed by atoms with Crippen molar-refractivity contribution >= 4 is 28.4 Å². The maximum atomic E-state index is 11.4. The predicted molar refractivity (Wildman–Crippen MR) is 234 cm³/mol. The highest BCUT2D eigenvalue weighted by Gasteiger charge is 2.36. The van der Waals surface area contributed by atoms with Gasteiger partial charge < -0.3 is 10.2 Å². The first-order valence-electron chi connectivity index (χ1n) is 19.1. The Morgan fingerprint density at radius 3 is 1.15 bits per heavy atom. The van der Waals surface area contributed by atoms with Crippen molar-refractivity contribution in [1.82, 2.24) is 0 Å². The third-order valence-electron chi connectivity index (χ3n) is 10.3. The molecule has 0 atom stereocenters. The molecule has 0 heterocycles. The summed E-state index contributed by atoms with van der Waals surface area (Å²) in [6.07, 6.45) is 0. The maximum absolute atomic E-state index is 11.4. The maximum Gasteiger partial charge on any atom is 0.104 e. The minimum Gasteiger partial charge on any atom is -0.354 e. The average Bonchev–Trinajstić information content (AvgIpc) is 3.20. The van der Waals surface area contributed by atoms with Crippen molar-refractivity contribution in [2.24, 2.45) is 0 Å². The lowest BCUT2D eigenvalue weighted by Gasteiger charge is -2.39. The summed E-state index contributed by atoms with van der Waals surface area (Å²) in [5, 5.41) is 15.2. The van der Waals surface area contributed by atoms with E-state index in [2.05, 4.69) is 210 Å². The zero-order valence-electron chi connectivity index (χ0n) is 33.0. The van der Waals surface area contributed by atoms with Gasteiger partial charge in [-0.05, 0) is 104 Å². The minimum atomic E-state index is -0.309. The van der Waals surface area contributed by atoms with Gasteiger partial charge in [0.05, 0.1) is 11.4 Å². The Bertz CT molecular complexity index is 2340. The molecule has 0 spiro atoms. The van der Waals surface area contributed by atoms with Crippen molar-refractivity contribution in [1.29, 1.82) is 5.26 Å². The molecule has 0 saturated heterocycles. The Morgan fingerprint density at radius 2 is 0.800 bits per heavy atom. The molecule has 7 aromatic rings. The predicted octanol–water partition coefficient (Wildman–Crippen LogP) is 14.7. The second-order valence-electron chi connectivity index (χ2n) is 16.3. The van der Waals surface area contributed by atoms with Crippen LogP contribution in [0.15, 0.2) is 164 Å². The molecule has 0 aliphatic carbocycles. The Morgan fingerprint density at radius 1 is 0.455 bits per heavy atom. The van der Waals surface area contributed by atoms with Crippen LogP contribution in [-0.4, -0.2) is 0 Å². The molecule has 3 nitrogen and oxygen atoms in total. The normalized spacial score (nSPS) is 11.5. The molecule has 0 amide bonds. The van der Waals surface area contributed by atoms with Gasteiger partial charge >= 0.3 is 0 Å². The molecule has 0 saturated carbocycles. The average molecular weight is 716 g/mol. The van der Waals surface area contributed by atoms with Crippen molar-refractivity contribution < 1.29 is 0 Å². The third-order valence-corrected chi connectivity index (χ3v) is 10.3. The lowest BCUT2D eigenvalue weighted by atomic mass is 9.70. The molecule has 0 radical (unpaired) electrons. The van der Waals surface area contributed by atoms with Gasteiger partial charge in [-0.15, -0.1) is 0 Å². The minimum absolute atomic E-state index is 0.233. The van der Waals surface area contributed by atoms with Gasteiger partial charge in [0.15, 0.2) is 0 Å². The second-order valence-corrected chi connectivity index (χ2v) is 16.3. The molecule has 0 aliphatic rings. The fourth-order valence-corrected chi connectivity index (χ4v) is 7.81. The molecule has 0 aromatic heterocycles. The van der Waals surface area contributed by atoms with Crippen LogP contribution >= 0.6 is 0 Å². The smallest absolute Gasteiger partial charge is 0.104 e. The second kappa shape index (κ2) is 15.2. The molecule has 7 rings (SSSR count). The highest BCUT2D eigenvalue weighted by molar-refractivity contribution is 5.91. The summed E-state index contributed by atoms with van der Waals surface area (Å²) in [5.74, 6) is 0. The van der Waals surface area contributed by atoms with Crippen LogP contribution in [0.2, 0.25) is 0 Å². The summed E-state index contributed by atoms with van der Waals surface area (Å²) < 4.78 is 0. The molecule has 7 aromatic carbocycles. The van der Waals surface area contributed by atoms with Gasteiger partial charge in [-0.2, -0.15) is 5.26 Å². The zero-order chi connectivity index (χ0) is 38.7. The molecule has 0 fully saturated rings. The number of nitriles is 1. The van der Waals surface area contributed by atoms with Gasteiger partial charge in [-0.3, -0.25) is 0 Å². The van der Waals surface area contributed by atoms with Crippen molar-refractivity contribution in [2.45, 2.75) is 59.3 Å². The van der Waals surface area contributed by atoms with Crippen LogP contribution in [-0.2, 0) is 10.8 Å². The van der Waals surface area contributed by atoms with Gasteiger partial charge in [0.25, 0.3) is 0 Å². The first-order valence-corrected chi connectivity index (χ1v) is 19.1. The molecule has 272 valence electrons. The first-order chi connectivity index (χ1) is 26.4. The van der Waals surface area contributed by atoms with Crippen LogP contribution in [0.5, 0.6) is 0 Å². The molecular formula is C52H49N3. The summed E-state index contributed by atoms with van der Waals surface area (Å²) in [4.78, 5) is 2.31. The number of rotatable bonds is 8. The number of hydrogen-bond donors (Lipinski definition) is 1. The summed E-state index contributed by atoms with van der Waals surface area (Å²) in [7, 11) is 0. The van der Waals surface area contributed by atoms with Crippen molar-refractivity contribution in [3.05, 3.63) is 186 Å². The number of nitrogens with zero attached hydrogens (tertiary/aromatic N) is 2. The van der Waals surface area contributed by atoms with E-state index in [4.69, 9.17) is 0 Å². The van der Waals surface area contributed by atoms with E-state index in [1.807, 2.05) is 18.2 Å². The number of benzene rings is 7. The summed E-state index contributed by atoms with van der Waals surface area (Å²) >= 11 is 0. The van der Waals surface area contributed by atoms with E-state index in [1.54, 1.807) is 0 Å². The summed E-state index contributed by atoms with van der Waals surface area (Å²) in [5.41, 5.74) is 15.1. The van der Waals surface area contributed by atoms with E-state index in [0.717, 1.165) is 61.8 Å². The molecular weight excluding hydrogens is 667 g/mol. The quantitative estimate of drug-likeness (QED) is 0.170. The van der Waals surface area contributed by atoms with Crippen molar-refractivity contribution in [3.63, 3.8) is 0 Å². The van der Waals surface area contributed by atoms with Crippen LogP contribution < -0.4 is 10.2 Å². The molecule has 0 aliphatic heterocycles. The standard InChI is InChI=1S/C52H49N3/c1-36-47(51(2,3)4)48(52(5,6)7)50(46(35-53)49(36)54-43-29-23-40(24-30-43)37-17-11-8-12-18-37)55(44-31-25-41(26-32-44)38-19-13-9-14-20-38)45-33-27-42(28-34-45)39-21-15-10-16-22-39/h8-34,54H,1-7H3. The van der Waals surface area contributed by atoms with Crippen molar-refractivity contribution in [3.8, 4) is 39.4 Å². The highest BCUT2D eigenvalue weighted by Crippen LogP contribution is 2.52. The molecule has 0 bridgehead atoms. The van der Waals surface area contributed by atoms with Crippen molar-refractivity contribution in [2.75, 3.05) is 10.2 Å². The first kappa shape index (κ1) is 37.0. The Balaban J connectivity index is 1.48.